The van der Waals surface area contributed by atoms with Crippen molar-refractivity contribution in [3.8, 4) is 0 Å². The van der Waals surface area contributed by atoms with Crippen molar-refractivity contribution in [1.29, 1.82) is 0 Å². The van der Waals surface area contributed by atoms with Crippen molar-refractivity contribution in [2.45, 2.75) is 25.8 Å². The van der Waals surface area contributed by atoms with Gasteiger partial charge in [-0.1, -0.05) is 37.3 Å². The molecule has 1 N–H and O–H groups in total. The number of nitrogens with zero attached hydrogens (tertiary/aromatic N) is 2. The Bertz CT molecular complexity index is 448. The molecule has 1 atom stereocenters. The van der Waals surface area contributed by atoms with E-state index in [1.165, 1.54) is 11.9 Å². The van der Waals surface area contributed by atoms with E-state index in [-0.39, 0.29) is 6.03 Å². The van der Waals surface area contributed by atoms with Crippen LogP contribution >= 0.6 is 0 Å². The van der Waals surface area contributed by atoms with Gasteiger partial charge in [0.25, 0.3) is 0 Å². The molecule has 1 aromatic rings. The fourth-order valence-corrected chi connectivity index (χ4v) is 2.05. The first kappa shape index (κ1) is 16.0. The molecule has 20 heavy (non-hydrogen) atoms. The molecule has 0 fully saturated rings. The monoisotopic (exact) mass is 278 g/mol. The number of hydrogen-bond donors (Lipinski definition) is 1. The molecule has 0 bridgehead atoms. The Morgan fingerprint density at radius 2 is 1.80 bits per heavy atom. The van der Waals surface area contributed by atoms with E-state index in [0.29, 0.717) is 13.0 Å². The maximum absolute atomic E-state index is 12.2. The molecule has 0 aliphatic carbocycles. The summed E-state index contributed by atoms with van der Waals surface area (Å²) >= 11 is 0. The molecule has 1 unspecified atom stereocenters. The Balaban J connectivity index is 2.56. The SMILES string of the molecule is CCC(C(=O)O)N(C)C(=O)N(C)CCc1ccccc1. The molecule has 0 saturated carbocycles. The molecule has 2 amide bonds. The summed E-state index contributed by atoms with van der Waals surface area (Å²) in [6.45, 7) is 2.32. The van der Waals surface area contributed by atoms with Crippen LogP contribution in [0.4, 0.5) is 4.79 Å². The van der Waals surface area contributed by atoms with E-state index in [9.17, 15) is 9.59 Å². The quantitative estimate of drug-likeness (QED) is 0.866. The van der Waals surface area contributed by atoms with Gasteiger partial charge in [-0.05, 0) is 18.4 Å². The maximum Gasteiger partial charge on any atom is 0.326 e. The lowest BCUT2D eigenvalue weighted by atomic mass is 10.1. The van der Waals surface area contributed by atoms with Gasteiger partial charge in [-0.15, -0.1) is 0 Å². The number of carboxylic acids is 1. The normalized spacial score (nSPS) is 11.8. The minimum Gasteiger partial charge on any atom is -0.480 e. The van der Waals surface area contributed by atoms with Crippen molar-refractivity contribution < 1.29 is 14.7 Å². The lowest BCUT2D eigenvalue weighted by Gasteiger charge is -2.29. The average Bonchev–Trinajstić information content (AvgIpc) is 2.45. The van der Waals surface area contributed by atoms with Crippen LogP contribution in [-0.4, -0.2) is 53.6 Å². The van der Waals surface area contributed by atoms with E-state index in [4.69, 9.17) is 5.11 Å². The molecule has 0 heterocycles. The summed E-state index contributed by atoms with van der Waals surface area (Å²) in [6, 6.07) is 8.84. The first-order valence-corrected chi connectivity index (χ1v) is 6.72. The largest absolute Gasteiger partial charge is 0.480 e. The van der Waals surface area contributed by atoms with Gasteiger partial charge in [0.1, 0.15) is 6.04 Å². The molecule has 5 nitrogen and oxygen atoms in total. The molecule has 0 aromatic heterocycles. The van der Waals surface area contributed by atoms with Crippen LogP contribution < -0.4 is 0 Å². The topological polar surface area (TPSA) is 60.9 Å². The molecule has 110 valence electrons. The van der Waals surface area contributed by atoms with Crippen LogP contribution in [0, 0.1) is 0 Å². The van der Waals surface area contributed by atoms with E-state index >= 15 is 0 Å². The van der Waals surface area contributed by atoms with E-state index in [1.807, 2.05) is 30.3 Å². The highest BCUT2D eigenvalue weighted by atomic mass is 16.4. The molecule has 5 heteroatoms. The molecule has 0 aliphatic heterocycles. The van der Waals surface area contributed by atoms with Gasteiger partial charge in [-0.25, -0.2) is 9.59 Å². The van der Waals surface area contributed by atoms with Crippen molar-refractivity contribution >= 4 is 12.0 Å². The van der Waals surface area contributed by atoms with Gasteiger partial charge < -0.3 is 14.9 Å². The minimum absolute atomic E-state index is 0.268. The number of likely N-dealkylation sites (N-methyl/N-ethyl adjacent to an activating group) is 2. The molecule has 0 radical (unpaired) electrons. The van der Waals surface area contributed by atoms with Crippen LogP contribution in [0.2, 0.25) is 0 Å². The third-order valence-electron chi connectivity index (χ3n) is 3.35. The van der Waals surface area contributed by atoms with Crippen molar-refractivity contribution in [2.75, 3.05) is 20.6 Å². The third-order valence-corrected chi connectivity index (χ3v) is 3.35. The van der Waals surface area contributed by atoms with Gasteiger partial charge >= 0.3 is 12.0 Å². The van der Waals surface area contributed by atoms with Crippen LogP contribution in [0.15, 0.2) is 30.3 Å². The first-order valence-electron chi connectivity index (χ1n) is 6.72. The second kappa shape index (κ2) is 7.53. The van der Waals surface area contributed by atoms with Crippen LogP contribution in [-0.2, 0) is 11.2 Å². The van der Waals surface area contributed by atoms with Crippen molar-refractivity contribution in [2.24, 2.45) is 0 Å². The van der Waals surface area contributed by atoms with Gasteiger partial charge in [0.2, 0.25) is 0 Å². The molecule has 1 aromatic carbocycles. The summed E-state index contributed by atoms with van der Waals surface area (Å²) < 4.78 is 0. The Labute approximate surface area is 119 Å². The van der Waals surface area contributed by atoms with Gasteiger partial charge in [0.15, 0.2) is 0 Å². The summed E-state index contributed by atoms with van der Waals surface area (Å²) in [5.74, 6) is -0.972. The number of amides is 2. The maximum atomic E-state index is 12.2. The number of hydrogen-bond acceptors (Lipinski definition) is 2. The Morgan fingerprint density at radius 1 is 1.20 bits per heavy atom. The zero-order chi connectivity index (χ0) is 15.1. The molecular weight excluding hydrogens is 256 g/mol. The smallest absolute Gasteiger partial charge is 0.326 e. The molecular formula is C15H22N2O3. The van der Waals surface area contributed by atoms with Gasteiger partial charge in [-0.3, -0.25) is 0 Å². The van der Waals surface area contributed by atoms with Gasteiger partial charge in [0, 0.05) is 20.6 Å². The predicted octanol–water partition coefficient (Wildman–Crippen LogP) is 2.08. The second-order valence-corrected chi connectivity index (χ2v) is 4.81. The number of aliphatic carboxylic acids is 1. The van der Waals surface area contributed by atoms with Crippen LogP contribution in [0.1, 0.15) is 18.9 Å². The Kier molecular flexibility index (Phi) is 6.03. The van der Waals surface area contributed by atoms with Crippen molar-refractivity contribution in [1.82, 2.24) is 9.80 Å². The standard InChI is InChI=1S/C15H22N2O3/c1-4-13(14(18)19)17(3)15(20)16(2)11-10-12-8-6-5-7-9-12/h5-9,13H,4,10-11H2,1-3H3,(H,18,19). The zero-order valence-electron chi connectivity index (χ0n) is 12.2. The molecule has 0 aliphatic rings. The number of benzene rings is 1. The van der Waals surface area contributed by atoms with Crippen molar-refractivity contribution in [3.05, 3.63) is 35.9 Å². The molecule has 0 saturated heterocycles. The summed E-state index contributed by atoms with van der Waals surface area (Å²) in [4.78, 5) is 26.1. The number of carbonyl (C=O) groups is 2. The molecule has 1 rings (SSSR count). The third kappa shape index (κ3) is 4.26. The lowest BCUT2D eigenvalue weighted by Crippen LogP contribution is -2.48. The van der Waals surface area contributed by atoms with Crippen LogP contribution in [0.3, 0.4) is 0 Å². The summed E-state index contributed by atoms with van der Waals surface area (Å²) in [6.07, 6.45) is 1.14. The number of rotatable bonds is 6. The Morgan fingerprint density at radius 3 is 2.30 bits per heavy atom. The Hall–Kier alpha value is -2.04. The first-order chi connectivity index (χ1) is 9.47. The highest BCUT2D eigenvalue weighted by Gasteiger charge is 2.26. The lowest BCUT2D eigenvalue weighted by molar-refractivity contribution is -0.142. The van der Waals surface area contributed by atoms with Crippen molar-refractivity contribution in [3.63, 3.8) is 0 Å². The average molecular weight is 278 g/mol. The highest BCUT2D eigenvalue weighted by molar-refractivity contribution is 5.82. The zero-order valence-corrected chi connectivity index (χ0v) is 12.2. The van der Waals surface area contributed by atoms with Gasteiger partial charge in [0.05, 0.1) is 0 Å². The van der Waals surface area contributed by atoms with E-state index in [0.717, 1.165) is 12.0 Å². The van der Waals surface area contributed by atoms with E-state index in [1.54, 1.807) is 18.9 Å². The second-order valence-electron chi connectivity index (χ2n) is 4.81. The predicted molar refractivity (Wildman–Crippen MR) is 77.6 cm³/mol. The number of urea groups is 1. The molecule has 0 spiro atoms. The fraction of sp³-hybridized carbons (Fsp3) is 0.467. The summed E-state index contributed by atoms with van der Waals surface area (Å²) in [7, 11) is 3.22. The summed E-state index contributed by atoms with van der Waals surface area (Å²) in [5, 5.41) is 9.07. The van der Waals surface area contributed by atoms with Crippen LogP contribution in [0.25, 0.3) is 0 Å². The summed E-state index contributed by atoms with van der Waals surface area (Å²) in [5.41, 5.74) is 1.15. The number of carbonyl (C=O) groups excluding carboxylic acids is 1. The highest BCUT2D eigenvalue weighted by Crippen LogP contribution is 2.07. The van der Waals surface area contributed by atoms with Gasteiger partial charge in [-0.2, -0.15) is 0 Å². The fourth-order valence-electron chi connectivity index (χ4n) is 2.05. The minimum atomic E-state index is -0.972. The number of carboxylic acid groups (broad SMARTS) is 1. The van der Waals surface area contributed by atoms with E-state index in [2.05, 4.69) is 0 Å². The van der Waals surface area contributed by atoms with Crippen LogP contribution in [0.5, 0.6) is 0 Å². The van der Waals surface area contributed by atoms with E-state index < -0.39 is 12.0 Å².